The van der Waals surface area contributed by atoms with Crippen LogP contribution in [0, 0.1) is 6.92 Å². The van der Waals surface area contributed by atoms with E-state index in [0.717, 1.165) is 16.9 Å². The molecule has 164 valence electrons. The summed E-state index contributed by atoms with van der Waals surface area (Å²) in [5, 5.41) is 2.82. The van der Waals surface area contributed by atoms with Gasteiger partial charge < -0.3 is 19.5 Å². The van der Waals surface area contributed by atoms with Crippen LogP contribution in [0.4, 0.5) is 0 Å². The third-order valence-corrected chi connectivity index (χ3v) is 5.42. The van der Waals surface area contributed by atoms with Gasteiger partial charge >= 0.3 is 11.8 Å². The molecule has 4 rings (SSSR count). The molecule has 2 heterocycles. The Morgan fingerprint density at radius 3 is 2.00 bits per heavy atom. The molecule has 1 fully saturated rings. The normalized spacial score (nSPS) is 14.0. The van der Waals surface area contributed by atoms with E-state index < -0.39 is 11.8 Å². The molecule has 1 aliphatic rings. The Hall–Kier alpha value is -3.87. The van der Waals surface area contributed by atoms with Crippen molar-refractivity contribution in [1.82, 2.24) is 15.1 Å². The number of hydrogen-bond acceptors (Lipinski definition) is 4. The number of rotatable bonds is 7. The fourth-order valence-electron chi connectivity index (χ4n) is 3.65. The van der Waals surface area contributed by atoms with Gasteiger partial charge in [-0.15, -0.1) is 0 Å². The van der Waals surface area contributed by atoms with Crippen LogP contribution in [0.1, 0.15) is 33.0 Å². The van der Waals surface area contributed by atoms with Crippen molar-refractivity contribution in [3.63, 3.8) is 0 Å². The monoisotopic (exact) mass is 431 g/mol. The maximum Gasteiger partial charge on any atom is 0.312 e. The molecule has 0 radical (unpaired) electrons. The molecule has 1 N–H and O–H groups in total. The van der Waals surface area contributed by atoms with Crippen molar-refractivity contribution in [1.29, 1.82) is 0 Å². The van der Waals surface area contributed by atoms with Crippen LogP contribution in [-0.4, -0.2) is 40.6 Å². The third-order valence-electron chi connectivity index (χ3n) is 5.42. The van der Waals surface area contributed by atoms with E-state index in [4.69, 9.17) is 4.42 Å². The van der Waals surface area contributed by atoms with Crippen LogP contribution in [-0.2, 0) is 29.2 Å². The predicted octanol–water partition coefficient (Wildman–Crippen LogP) is 2.89. The summed E-state index contributed by atoms with van der Waals surface area (Å²) in [7, 11) is 0. The molecule has 0 spiro atoms. The zero-order valence-corrected chi connectivity index (χ0v) is 17.9. The summed E-state index contributed by atoms with van der Waals surface area (Å²) < 4.78 is 5.45. The molecule has 3 amide bonds. The molecule has 0 aliphatic carbocycles. The zero-order chi connectivity index (χ0) is 22.5. The van der Waals surface area contributed by atoms with E-state index in [1.165, 1.54) is 0 Å². The van der Waals surface area contributed by atoms with E-state index in [1.54, 1.807) is 34.1 Å². The van der Waals surface area contributed by atoms with Crippen LogP contribution in [0.25, 0.3) is 0 Å². The minimum Gasteiger partial charge on any atom is -0.465 e. The summed E-state index contributed by atoms with van der Waals surface area (Å²) in [6, 6.07) is 20.4. The number of carbonyl (C=O) groups is 3. The molecule has 0 atom stereocenters. The second-order valence-corrected chi connectivity index (χ2v) is 7.83. The Morgan fingerprint density at radius 2 is 1.44 bits per heavy atom. The number of nitrogens with zero attached hydrogens (tertiary/aromatic N) is 2. The van der Waals surface area contributed by atoms with Crippen molar-refractivity contribution in [3.8, 4) is 0 Å². The van der Waals surface area contributed by atoms with Gasteiger partial charge in [0, 0.05) is 31.7 Å². The third kappa shape index (κ3) is 5.06. The van der Waals surface area contributed by atoms with Crippen LogP contribution in [0.2, 0.25) is 0 Å². The summed E-state index contributed by atoms with van der Waals surface area (Å²) in [6.07, 6.45) is 0. The molecule has 7 heteroatoms. The first-order valence-electron chi connectivity index (χ1n) is 10.5. The van der Waals surface area contributed by atoms with E-state index in [9.17, 15) is 14.4 Å². The van der Waals surface area contributed by atoms with Crippen LogP contribution in [0.3, 0.4) is 0 Å². The lowest BCUT2D eigenvalue weighted by Crippen LogP contribution is -2.53. The second kappa shape index (κ2) is 9.51. The van der Waals surface area contributed by atoms with E-state index in [-0.39, 0.29) is 5.91 Å². The van der Waals surface area contributed by atoms with E-state index >= 15 is 0 Å². The molecule has 0 unspecified atom stereocenters. The minimum atomic E-state index is -0.497. The van der Waals surface area contributed by atoms with Crippen LogP contribution in [0.15, 0.2) is 71.1 Å². The van der Waals surface area contributed by atoms with E-state index in [0.29, 0.717) is 44.0 Å². The largest absolute Gasteiger partial charge is 0.465 e. The molecule has 1 aliphatic heterocycles. The number of amides is 3. The summed E-state index contributed by atoms with van der Waals surface area (Å²) in [5.41, 5.74) is 2.38. The molecule has 0 bridgehead atoms. The van der Waals surface area contributed by atoms with Crippen molar-refractivity contribution in [2.24, 2.45) is 0 Å². The molecule has 32 heavy (non-hydrogen) atoms. The fraction of sp³-hybridized carbons (Fsp3) is 0.240. The SMILES string of the molecule is Cc1ccc(CNC(=O)c2ccc(CN3CCN(Cc4ccccc4)C(=O)C3=O)cc2)o1. The summed E-state index contributed by atoms with van der Waals surface area (Å²) >= 11 is 0. The van der Waals surface area contributed by atoms with Crippen molar-refractivity contribution in [3.05, 3.63) is 94.9 Å². The Kier molecular flexibility index (Phi) is 6.35. The van der Waals surface area contributed by atoms with Gasteiger partial charge in [-0.3, -0.25) is 14.4 Å². The van der Waals surface area contributed by atoms with Gasteiger partial charge in [0.1, 0.15) is 11.5 Å². The lowest BCUT2D eigenvalue weighted by molar-refractivity contribution is -0.156. The lowest BCUT2D eigenvalue weighted by Gasteiger charge is -2.33. The molecule has 2 aromatic carbocycles. The second-order valence-electron chi connectivity index (χ2n) is 7.83. The molecule has 3 aromatic rings. The van der Waals surface area contributed by atoms with Crippen LogP contribution < -0.4 is 5.32 Å². The average Bonchev–Trinajstić information content (AvgIpc) is 3.23. The first-order chi connectivity index (χ1) is 15.5. The summed E-state index contributed by atoms with van der Waals surface area (Å²) in [4.78, 5) is 40.6. The Morgan fingerprint density at radius 1 is 0.844 bits per heavy atom. The number of aryl methyl sites for hydroxylation is 1. The Bertz CT molecular complexity index is 1110. The number of hydrogen-bond donors (Lipinski definition) is 1. The number of nitrogens with one attached hydrogen (secondary N) is 1. The van der Waals surface area contributed by atoms with Crippen molar-refractivity contribution < 1.29 is 18.8 Å². The molecular weight excluding hydrogens is 406 g/mol. The fourth-order valence-corrected chi connectivity index (χ4v) is 3.65. The number of piperazine rings is 1. The van der Waals surface area contributed by atoms with Crippen LogP contribution >= 0.6 is 0 Å². The van der Waals surface area contributed by atoms with Gasteiger partial charge in [-0.05, 0) is 42.3 Å². The lowest BCUT2D eigenvalue weighted by atomic mass is 10.1. The highest BCUT2D eigenvalue weighted by atomic mass is 16.3. The number of carbonyl (C=O) groups excluding carboxylic acids is 3. The number of benzene rings is 2. The van der Waals surface area contributed by atoms with Crippen LogP contribution in [0.5, 0.6) is 0 Å². The van der Waals surface area contributed by atoms with Gasteiger partial charge in [-0.25, -0.2) is 0 Å². The summed E-state index contributed by atoms with van der Waals surface area (Å²) in [5.74, 6) is 0.313. The first kappa shape index (κ1) is 21.4. The zero-order valence-electron chi connectivity index (χ0n) is 17.9. The highest BCUT2D eigenvalue weighted by Gasteiger charge is 2.32. The highest BCUT2D eigenvalue weighted by Crippen LogP contribution is 2.15. The maximum absolute atomic E-state index is 12.6. The standard InChI is InChI=1S/C25H25N3O4/c1-18-7-12-22(32-18)15-26-23(29)21-10-8-20(9-11-21)17-28-14-13-27(24(30)25(28)31)16-19-5-3-2-4-6-19/h2-12H,13-17H2,1H3,(H,26,29). The molecule has 0 saturated carbocycles. The predicted molar refractivity (Wildman–Crippen MR) is 118 cm³/mol. The van der Waals surface area contributed by atoms with Crippen molar-refractivity contribution in [2.45, 2.75) is 26.6 Å². The molecular formula is C25H25N3O4. The van der Waals surface area contributed by atoms with E-state index in [1.807, 2.05) is 49.4 Å². The average molecular weight is 431 g/mol. The van der Waals surface area contributed by atoms with Gasteiger partial charge in [0.25, 0.3) is 5.91 Å². The van der Waals surface area contributed by atoms with Gasteiger partial charge in [0.05, 0.1) is 6.54 Å². The Labute approximate surface area is 186 Å². The van der Waals surface area contributed by atoms with Gasteiger partial charge in [0.15, 0.2) is 0 Å². The molecule has 7 nitrogen and oxygen atoms in total. The molecule has 1 saturated heterocycles. The highest BCUT2D eigenvalue weighted by molar-refractivity contribution is 6.35. The van der Waals surface area contributed by atoms with Gasteiger partial charge in [0.2, 0.25) is 0 Å². The minimum absolute atomic E-state index is 0.202. The molecule has 1 aromatic heterocycles. The van der Waals surface area contributed by atoms with E-state index in [2.05, 4.69) is 5.32 Å². The summed E-state index contributed by atoms with van der Waals surface area (Å²) in [6.45, 7) is 3.90. The number of furan rings is 1. The first-order valence-corrected chi connectivity index (χ1v) is 10.5. The van der Waals surface area contributed by atoms with Crippen molar-refractivity contribution >= 4 is 17.7 Å². The Balaban J connectivity index is 1.31. The maximum atomic E-state index is 12.6. The quantitative estimate of drug-likeness (QED) is 0.583. The van der Waals surface area contributed by atoms with Gasteiger partial charge in [-0.2, -0.15) is 0 Å². The smallest absolute Gasteiger partial charge is 0.312 e. The van der Waals surface area contributed by atoms with Crippen molar-refractivity contribution in [2.75, 3.05) is 13.1 Å². The van der Waals surface area contributed by atoms with Gasteiger partial charge in [-0.1, -0.05) is 42.5 Å². The topological polar surface area (TPSA) is 82.9 Å².